The molecule has 4 heteroatoms. The summed E-state index contributed by atoms with van der Waals surface area (Å²) in [6, 6.07) is 3.21. The highest BCUT2D eigenvalue weighted by Gasteiger charge is 2.12. The number of rotatable bonds is 2. The van der Waals surface area contributed by atoms with E-state index < -0.39 is 11.8 Å². The average molecular weight is 182 g/mol. The fourth-order valence-electron chi connectivity index (χ4n) is 0.864. The third-order valence-corrected chi connectivity index (χ3v) is 1.54. The van der Waals surface area contributed by atoms with Crippen LogP contribution < -0.4 is 0 Å². The Morgan fingerprint density at radius 2 is 2.08 bits per heavy atom. The van der Waals surface area contributed by atoms with E-state index in [2.05, 4.69) is 6.58 Å². The predicted octanol–water partition coefficient (Wildman–Crippen LogP) is 1.63. The van der Waals surface area contributed by atoms with Crippen LogP contribution in [-0.2, 0) is 4.79 Å². The molecule has 0 heterocycles. The maximum absolute atomic E-state index is 13.0. The summed E-state index contributed by atoms with van der Waals surface area (Å²) in [7, 11) is 0. The molecule has 0 aliphatic carbocycles. The van der Waals surface area contributed by atoms with Gasteiger partial charge in [0.05, 0.1) is 5.57 Å². The van der Waals surface area contributed by atoms with Crippen LogP contribution in [-0.4, -0.2) is 16.2 Å². The minimum Gasteiger partial charge on any atom is -0.508 e. The van der Waals surface area contributed by atoms with Crippen molar-refractivity contribution in [3.8, 4) is 5.75 Å². The Kier molecular flexibility index (Phi) is 2.32. The number of carbonyl (C=O) groups is 1. The van der Waals surface area contributed by atoms with Gasteiger partial charge in [-0.1, -0.05) is 6.58 Å². The second-order valence-corrected chi connectivity index (χ2v) is 2.45. The number of carboxylic acid groups (broad SMARTS) is 1. The van der Waals surface area contributed by atoms with Crippen molar-refractivity contribution in [1.82, 2.24) is 0 Å². The van der Waals surface area contributed by atoms with Crippen LogP contribution in [0.15, 0.2) is 24.8 Å². The molecule has 0 unspecified atom stereocenters. The van der Waals surface area contributed by atoms with E-state index in [0.717, 1.165) is 6.07 Å². The van der Waals surface area contributed by atoms with Gasteiger partial charge in [0, 0.05) is 11.6 Å². The van der Waals surface area contributed by atoms with Crippen LogP contribution in [0.1, 0.15) is 5.56 Å². The molecule has 0 aliphatic rings. The Balaban J connectivity index is 3.16. The smallest absolute Gasteiger partial charge is 0.335 e. The first-order valence-corrected chi connectivity index (χ1v) is 3.43. The number of phenolic OH excluding ortho intramolecular Hbond substituents is 1. The van der Waals surface area contributed by atoms with E-state index >= 15 is 0 Å². The molecule has 0 radical (unpaired) electrons. The van der Waals surface area contributed by atoms with Gasteiger partial charge in [0.1, 0.15) is 11.6 Å². The lowest BCUT2D eigenvalue weighted by Crippen LogP contribution is -2.00. The van der Waals surface area contributed by atoms with Gasteiger partial charge in [-0.15, -0.1) is 0 Å². The predicted molar refractivity (Wildman–Crippen MR) is 44.7 cm³/mol. The molecule has 0 atom stereocenters. The summed E-state index contributed by atoms with van der Waals surface area (Å²) in [5, 5.41) is 17.3. The van der Waals surface area contributed by atoms with Crippen LogP contribution in [0, 0.1) is 5.82 Å². The molecule has 13 heavy (non-hydrogen) atoms. The number of benzene rings is 1. The lowest BCUT2D eigenvalue weighted by Gasteiger charge is -2.02. The van der Waals surface area contributed by atoms with Crippen LogP contribution in [0.25, 0.3) is 5.57 Å². The molecule has 0 saturated heterocycles. The van der Waals surface area contributed by atoms with Crippen LogP contribution in [0.4, 0.5) is 4.39 Å². The van der Waals surface area contributed by atoms with Gasteiger partial charge in [0.25, 0.3) is 0 Å². The molecule has 1 rings (SSSR count). The van der Waals surface area contributed by atoms with Crippen LogP contribution >= 0.6 is 0 Å². The molecule has 1 aromatic carbocycles. The zero-order valence-corrected chi connectivity index (χ0v) is 6.62. The van der Waals surface area contributed by atoms with Gasteiger partial charge in [0.2, 0.25) is 0 Å². The zero-order valence-electron chi connectivity index (χ0n) is 6.62. The van der Waals surface area contributed by atoms with E-state index in [-0.39, 0.29) is 16.9 Å². The van der Waals surface area contributed by atoms with E-state index in [1.165, 1.54) is 12.1 Å². The molecular weight excluding hydrogens is 175 g/mol. The molecule has 0 fully saturated rings. The van der Waals surface area contributed by atoms with Crippen LogP contribution in [0.3, 0.4) is 0 Å². The maximum atomic E-state index is 13.0. The summed E-state index contributed by atoms with van der Waals surface area (Å²) >= 11 is 0. The normalized spacial score (nSPS) is 9.62. The van der Waals surface area contributed by atoms with E-state index in [4.69, 9.17) is 10.2 Å². The molecule has 0 spiro atoms. The fraction of sp³-hybridized carbons (Fsp3) is 0. The number of aromatic hydroxyl groups is 1. The maximum Gasteiger partial charge on any atom is 0.335 e. The van der Waals surface area contributed by atoms with Gasteiger partial charge in [-0.25, -0.2) is 9.18 Å². The Hall–Kier alpha value is -1.84. The lowest BCUT2D eigenvalue weighted by molar-refractivity contribution is -0.130. The molecule has 0 amide bonds. The van der Waals surface area contributed by atoms with Crippen molar-refractivity contribution < 1.29 is 19.4 Å². The average Bonchev–Trinajstić information content (AvgIpc) is 2.03. The van der Waals surface area contributed by atoms with Crippen molar-refractivity contribution in [2.24, 2.45) is 0 Å². The summed E-state index contributed by atoms with van der Waals surface area (Å²) in [6.07, 6.45) is 0. The molecule has 3 nitrogen and oxygen atoms in total. The number of hydrogen-bond acceptors (Lipinski definition) is 2. The first kappa shape index (κ1) is 9.25. The molecule has 0 bridgehead atoms. The molecule has 0 aromatic heterocycles. The molecule has 68 valence electrons. The Morgan fingerprint density at radius 1 is 1.46 bits per heavy atom. The van der Waals surface area contributed by atoms with Crippen LogP contribution in [0.2, 0.25) is 0 Å². The van der Waals surface area contributed by atoms with E-state index in [1.54, 1.807) is 0 Å². The van der Waals surface area contributed by atoms with E-state index in [9.17, 15) is 9.18 Å². The topological polar surface area (TPSA) is 57.5 Å². The van der Waals surface area contributed by atoms with Crippen molar-refractivity contribution in [3.05, 3.63) is 36.2 Å². The zero-order chi connectivity index (χ0) is 10.0. The van der Waals surface area contributed by atoms with E-state index in [1.807, 2.05) is 0 Å². The highest BCUT2D eigenvalue weighted by Crippen LogP contribution is 2.20. The van der Waals surface area contributed by atoms with Crippen molar-refractivity contribution in [2.75, 3.05) is 0 Å². The Bertz CT molecular complexity index is 371. The largest absolute Gasteiger partial charge is 0.508 e. The summed E-state index contributed by atoms with van der Waals surface area (Å²) in [5.41, 5.74) is -0.456. The quantitative estimate of drug-likeness (QED) is 0.683. The Labute approximate surface area is 73.8 Å². The summed E-state index contributed by atoms with van der Waals surface area (Å²) in [6.45, 7) is 3.19. The number of phenols is 1. The third-order valence-electron chi connectivity index (χ3n) is 1.54. The minimum atomic E-state index is -1.29. The highest BCUT2D eigenvalue weighted by atomic mass is 19.1. The van der Waals surface area contributed by atoms with Crippen molar-refractivity contribution in [1.29, 1.82) is 0 Å². The second-order valence-electron chi connectivity index (χ2n) is 2.45. The van der Waals surface area contributed by atoms with Crippen molar-refractivity contribution >= 4 is 11.5 Å². The Morgan fingerprint density at radius 3 is 2.54 bits per heavy atom. The van der Waals surface area contributed by atoms with Crippen LogP contribution in [0.5, 0.6) is 5.75 Å². The molecule has 2 N–H and O–H groups in total. The first-order chi connectivity index (χ1) is 6.02. The first-order valence-electron chi connectivity index (χ1n) is 3.43. The highest BCUT2D eigenvalue weighted by molar-refractivity contribution is 6.14. The van der Waals surface area contributed by atoms with Gasteiger partial charge >= 0.3 is 5.97 Å². The van der Waals surface area contributed by atoms with Gasteiger partial charge < -0.3 is 10.2 Å². The van der Waals surface area contributed by atoms with Gasteiger partial charge in [0.15, 0.2) is 0 Å². The second kappa shape index (κ2) is 3.26. The number of halogens is 1. The molecule has 1 aromatic rings. The standard InChI is InChI=1S/C9H7FO3/c1-5(9(12)13)7-3-2-6(11)4-8(7)10/h2-4,11H,1H2,(H,12,13). The third kappa shape index (κ3) is 1.84. The van der Waals surface area contributed by atoms with E-state index in [0.29, 0.717) is 0 Å². The summed E-state index contributed by atoms with van der Waals surface area (Å²) in [5.74, 6) is -2.34. The minimum absolute atomic E-state index is 0.120. The van der Waals surface area contributed by atoms with Gasteiger partial charge in [-0.05, 0) is 12.1 Å². The lowest BCUT2D eigenvalue weighted by atomic mass is 10.1. The summed E-state index contributed by atoms with van der Waals surface area (Å²) < 4.78 is 13.0. The van der Waals surface area contributed by atoms with Crippen molar-refractivity contribution in [3.63, 3.8) is 0 Å². The number of carboxylic acids is 1. The molecule has 0 saturated carbocycles. The number of aliphatic carboxylic acids is 1. The molecule has 0 aliphatic heterocycles. The van der Waals surface area contributed by atoms with Gasteiger partial charge in [-0.3, -0.25) is 0 Å². The monoisotopic (exact) mass is 182 g/mol. The fourth-order valence-corrected chi connectivity index (χ4v) is 0.864. The SMILES string of the molecule is C=C(C(=O)O)c1ccc(O)cc1F. The van der Waals surface area contributed by atoms with Gasteiger partial charge in [-0.2, -0.15) is 0 Å². The van der Waals surface area contributed by atoms with Crippen molar-refractivity contribution in [2.45, 2.75) is 0 Å². The molecular formula is C9H7FO3. The summed E-state index contributed by atoms with van der Waals surface area (Å²) in [4.78, 5) is 10.4. The number of hydrogen-bond donors (Lipinski definition) is 2.